The van der Waals surface area contributed by atoms with Crippen molar-refractivity contribution >= 4 is 36.9 Å². The molecule has 2 N–H and O–H groups in total. The number of nitrogens with one attached hydrogen (secondary N) is 2. The summed E-state index contributed by atoms with van der Waals surface area (Å²) in [5, 5.41) is 16.0. The highest BCUT2D eigenvalue weighted by atomic mass is 32.2. The SMILES string of the molecule is O=[S+]c1c(S(=O)(=O)C2CNC2)ccc(C2=CCS(=O)(=O)CC2)c1-c1nn[nH]n1. The maximum atomic E-state index is 12.9. The first kappa shape index (κ1) is 19.2. The zero-order valence-electron chi connectivity index (χ0n) is 14.5. The summed E-state index contributed by atoms with van der Waals surface area (Å²) in [4.78, 5) is -0.0632. The Labute approximate surface area is 165 Å². The summed E-state index contributed by atoms with van der Waals surface area (Å²) in [6, 6.07) is 3.00. The fourth-order valence-electron chi connectivity index (χ4n) is 3.21. The molecule has 2 aliphatic rings. The van der Waals surface area contributed by atoms with Crippen molar-refractivity contribution in [3.8, 4) is 11.4 Å². The first-order valence-corrected chi connectivity index (χ1v) is 12.5. The summed E-state index contributed by atoms with van der Waals surface area (Å²) in [6.45, 7) is 0.654. The second-order valence-electron chi connectivity index (χ2n) is 6.55. The molecule has 0 atom stereocenters. The van der Waals surface area contributed by atoms with Gasteiger partial charge in [0, 0.05) is 17.3 Å². The number of sulfone groups is 2. The van der Waals surface area contributed by atoms with E-state index in [0.717, 1.165) is 0 Å². The molecule has 13 heteroatoms. The Morgan fingerprint density at radius 2 is 2.00 bits per heavy atom. The van der Waals surface area contributed by atoms with E-state index in [1.165, 1.54) is 6.07 Å². The number of hydrogen-bond acceptors (Lipinski definition) is 9. The average Bonchev–Trinajstić information content (AvgIpc) is 3.12. The third-order valence-corrected chi connectivity index (χ3v) is 9.26. The minimum Gasteiger partial charge on any atom is -0.314 e. The molecule has 0 spiro atoms. The molecule has 28 heavy (non-hydrogen) atoms. The maximum Gasteiger partial charge on any atom is 0.507 e. The Bertz CT molecular complexity index is 1170. The minimum atomic E-state index is -3.71. The number of tetrazole rings is 1. The second-order valence-corrected chi connectivity index (χ2v) is 11.6. The van der Waals surface area contributed by atoms with Crippen LogP contribution in [0.5, 0.6) is 0 Å². The molecule has 0 bridgehead atoms. The van der Waals surface area contributed by atoms with Gasteiger partial charge in [0.05, 0.1) is 16.8 Å². The topological polar surface area (TPSA) is 152 Å². The molecule has 4 rings (SSSR count). The molecule has 1 fully saturated rings. The monoisotopic (exact) mass is 442 g/mol. The highest BCUT2D eigenvalue weighted by molar-refractivity contribution is 7.92. The Hall–Kier alpha value is -2.09. The van der Waals surface area contributed by atoms with Crippen LogP contribution in [0.4, 0.5) is 0 Å². The highest BCUT2D eigenvalue weighted by Gasteiger charge is 2.40. The van der Waals surface area contributed by atoms with Crippen LogP contribution in [0.15, 0.2) is 28.0 Å². The molecular weight excluding hydrogens is 426 g/mol. The van der Waals surface area contributed by atoms with Gasteiger partial charge in [-0.25, -0.2) is 16.8 Å². The van der Waals surface area contributed by atoms with Crippen molar-refractivity contribution in [1.82, 2.24) is 25.9 Å². The number of benzene rings is 1. The number of H-pyrrole nitrogens is 1. The molecule has 0 amide bonds. The van der Waals surface area contributed by atoms with Crippen LogP contribution in [-0.2, 0) is 35.5 Å². The van der Waals surface area contributed by atoms with Gasteiger partial charge in [0.2, 0.25) is 5.82 Å². The Morgan fingerprint density at radius 3 is 2.54 bits per heavy atom. The van der Waals surface area contributed by atoms with Gasteiger partial charge in [-0.3, -0.25) is 0 Å². The molecule has 1 saturated heterocycles. The quantitative estimate of drug-likeness (QED) is 0.589. The standard InChI is InChI=1S/C15H16N5O5S3/c21-26-14-12(28(24,25)10-7-16-8-10)2-1-11(13(14)15-17-19-20-18-15)9-3-5-27(22,23)6-4-9/h1-3,10,16H,4-8H2,(H,17,18,19,20)/q+1. The fraction of sp³-hybridized carbons (Fsp3) is 0.400. The van der Waals surface area contributed by atoms with Crippen molar-refractivity contribution in [3.05, 3.63) is 23.8 Å². The van der Waals surface area contributed by atoms with E-state index < -0.39 is 24.9 Å². The van der Waals surface area contributed by atoms with Gasteiger partial charge < -0.3 is 5.32 Å². The van der Waals surface area contributed by atoms with Gasteiger partial charge in [0.15, 0.2) is 19.7 Å². The lowest BCUT2D eigenvalue weighted by Gasteiger charge is -2.26. The van der Waals surface area contributed by atoms with Crippen LogP contribution in [0.3, 0.4) is 0 Å². The van der Waals surface area contributed by atoms with Crippen molar-refractivity contribution in [2.45, 2.75) is 21.5 Å². The van der Waals surface area contributed by atoms with Crippen LogP contribution in [0, 0.1) is 0 Å². The zero-order chi connectivity index (χ0) is 19.9. The Kier molecular flexibility index (Phi) is 4.85. The van der Waals surface area contributed by atoms with E-state index in [1.807, 2.05) is 0 Å². The normalized spacial score (nSPS) is 19.6. The van der Waals surface area contributed by atoms with Crippen LogP contribution < -0.4 is 5.32 Å². The first-order chi connectivity index (χ1) is 13.3. The number of aromatic nitrogens is 4. The number of rotatable bonds is 5. The van der Waals surface area contributed by atoms with E-state index in [1.54, 1.807) is 12.1 Å². The van der Waals surface area contributed by atoms with E-state index in [2.05, 4.69) is 25.9 Å². The third kappa shape index (κ3) is 3.27. The summed E-state index contributed by atoms with van der Waals surface area (Å²) in [7, 11) is -6.85. The number of nitrogens with zero attached hydrogens (tertiary/aromatic N) is 3. The molecule has 148 valence electrons. The summed E-state index contributed by atoms with van der Waals surface area (Å²) in [6.07, 6.45) is 1.84. The first-order valence-electron chi connectivity index (χ1n) is 8.38. The van der Waals surface area contributed by atoms with Crippen LogP contribution in [-0.4, -0.2) is 67.3 Å². The van der Waals surface area contributed by atoms with Gasteiger partial charge in [-0.15, -0.1) is 10.2 Å². The summed E-state index contributed by atoms with van der Waals surface area (Å²) in [5.74, 6) is -0.0359. The van der Waals surface area contributed by atoms with E-state index in [-0.39, 0.29) is 50.8 Å². The predicted molar refractivity (Wildman–Crippen MR) is 101 cm³/mol. The predicted octanol–water partition coefficient (Wildman–Crippen LogP) is -0.399. The lowest BCUT2D eigenvalue weighted by Crippen LogP contribution is -2.51. The molecule has 0 unspecified atom stereocenters. The average molecular weight is 443 g/mol. The minimum absolute atomic E-state index is 0.000121. The third-order valence-electron chi connectivity index (χ3n) is 4.88. The molecule has 10 nitrogen and oxygen atoms in total. The molecule has 2 aromatic rings. The van der Waals surface area contributed by atoms with Gasteiger partial charge in [-0.1, -0.05) is 12.1 Å². The molecule has 1 aromatic carbocycles. The zero-order valence-corrected chi connectivity index (χ0v) is 16.9. The maximum absolute atomic E-state index is 12.9. The highest BCUT2D eigenvalue weighted by Crippen LogP contribution is 2.38. The lowest BCUT2D eigenvalue weighted by molar-refractivity contribution is 0.494. The molecule has 3 heterocycles. The molecule has 0 saturated carbocycles. The summed E-state index contributed by atoms with van der Waals surface area (Å²) in [5.41, 5.74) is 1.51. The molecule has 0 aliphatic carbocycles. The van der Waals surface area contributed by atoms with Crippen LogP contribution >= 0.6 is 0 Å². The van der Waals surface area contributed by atoms with Crippen molar-refractivity contribution in [3.63, 3.8) is 0 Å². The van der Waals surface area contributed by atoms with Crippen LogP contribution in [0.25, 0.3) is 17.0 Å². The number of allylic oxidation sites excluding steroid dienone is 1. The van der Waals surface area contributed by atoms with Crippen molar-refractivity contribution in [1.29, 1.82) is 0 Å². The number of aromatic amines is 1. The second kappa shape index (κ2) is 7.06. The van der Waals surface area contributed by atoms with Gasteiger partial charge in [-0.05, 0) is 28.8 Å². The van der Waals surface area contributed by atoms with Gasteiger partial charge >= 0.3 is 16.6 Å². The summed E-state index contributed by atoms with van der Waals surface area (Å²) < 4.78 is 61.4. The van der Waals surface area contributed by atoms with Crippen LogP contribution in [0.2, 0.25) is 0 Å². The van der Waals surface area contributed by atoms with Crippen molar-refractivity contribution in [2.24, 2.45) is 0 Å². The molecule has 0 radical (unpaired) electrons. The lowest BCUT2D eigenvalue weighted by atomic mass is 9.97. The van der Waals surface area contributed by atoms with Crippen molar-refractivity contribution < 1.29 is 21.0 Å². The fourth-order valence-corrected chi connectivity index (χ4v) is 6.90. The Morgan fingerprint density at radius 1 is 1.21 bits per heavy atom. The molecular formula is C15H16N5O5S3+. The van der Waals surface area contributed by atoms with E-state index in [9.17, 15) is 21.0 Å². The van der Waals surface area contributed by atoms with Gasteiger partial charge in [-0.2, -0.15) is 5.21 Å². The van der Waals surface area contributed by atoms with Crippen molar-refractivity contribution in [2.75, 3.05) is 24.6 Å². The summed E-state index contributed by atoms with van der Waals surface area (Å²) >= 11 is 0.0604. The van der Waals surface area contributed by atoms with E-state index in [0.29, 0.717) is 24.2 Å². The Balaban J connectivity index is 1.94. The number of hydrogen-bond donors (Lipinski definition) is 2. The smallest absolute Gasteiger partial charge is 0.314 e. The largest absolute Gasteiger partial charge is 0.507 e. The van der Waals surface area contributed by atoms with E-state index >= 15 is 0 Å². The molecule has 2 aliphatic heterocycles. The van der Waals surface area contributed by atoms with Gasteiger partial charge in [0.1, 0.15) is 10.5 Å². The molecule has 1 aromatic heterocycles. The van der Waals surface area contributed by atoms with E-state index in [4.69, 9.17) is 0 Å². The van der Waals surface area contributed by atoms with Crippen LogP contribution in [0.1, 0.15) is 12.0 Å². The van der Waals surface area contributed by atoms with Gasteiger partial charge in [0.25, 0.3) is 0 Å².